The number of carboxylic acid groups (broad SMARTS) is 1. The van der Waals surface area contributed by atoms with Crippen molar-refractivity contribution in [3.63, 3.8) is 0 Å². The second-order valence-corrected chi connectivity index (χ2v) is 13.4. The summed E-state index contributed by atoms with van der Waals surface area (Å²) in [7, 11) is -4.36. The number of nitrogens with one attached hydrogen (secondary N) is 2. The minimum Gasteiger partial charge on any atom is -0.488 e. The second kappa shape index (κ2) is 19.2. The first-order valence-corrected chi connectivity index (χ1v) is 16.8. The summed E-state index contributed by atoms with van der Waals surface area (Å²) in [5, 5.41) is 23.9. The van der Waals surface area contributed by atoms with Gasteiger partial charge in [-0.1, -0.05) is 79.7 Å². The van der Waals surface area contributed by atoms with Gasteiger partial charge in [0.05, 0.1) is 6.42 Å². The number of ether oxygens (including phenoxy) is 1. The molecule has 0 saturated heterocycles. The van der Waals surface area contributed by atoms with Crippen LogP contribution in [0.5, 0.6) is 5.75 Å². The fourth-order valence-corrected chi connectivity index (χ4v) is 5.58. The number of benzene rings is 3. The molecular weight excluding hydrogens is 611 g/mol. The summed E-state index contributed by atoms with van der Waals surface area (Å²) >= 11 is 1.76. The molecule has 3 aromatic carbocycles. The first-order chi connectivity index (χ1) is 21.0. The highest BCUT2D eigenvalue weighted by Gasteiger charge is 2.25. The number of carboxylic acids is 1. The normalized spacial score (nSPS) is 11.6. The molecule has 0 saturated carbocycles. The zero-order valence-electron chi connectivity index (χ0n) is 25.0. The van der Waals surface area contributed by atoms with Crippen molar-refractivity contribution in [1.29, 1.82) is 0 Å². The maximum atomic E-state index is 10.6. The number of thiophene rings is 1. The Labute approximate surface area is 270 Å². The summed E-state index contributed by atoms with van der Waals surface area (Å²) in [6.07, 6.45) is 0.169. The maximum Gasteiger partial charge on any atom is 0.353 e. The van der Waals surface area contributed by atoms with E-state index in [1.165, 1.54) is 26.4 Å². The molecule has 1 unspecified atom stereocenters. The summed E-state index contributed by atoms with van der Waals surface area (Å²) in [5.41, 5.74) is 5.89. The highest BCUT2D eigenvalue weighted by atomic mass is 32.1. The topological polar surface area (TPSA) is 148 Å². The third-order valence-electron chi connectivity index (χ3n) is 6.62. The molecule has 1 atom stereocenters. The number of hydrogen-bond acceptors (Lipinski definition) is 7. The molecular formula is C34H45N2O7PS. The maximum absolute atomic E-state index is 10.6. The van der Waals surface area contributed by atoms with Gasteiger partial charge in [0.15, 0.2) is 5.85 Å². The van der Waals surface area contributed by atoms with Gasteiger partial charge in [0.2, 0.25) is 0 Å². The first-order valence-electron chi connectivity index (χ1n) is 14.3. The standard InChI is InChI=1S/C22H23NO3S.C11H18NO4P.CH4/c1-16-21(18-5-3-2-4-6-18)13-20(27-16)15-26-19-9-7-17(8-10-19)14-23-12-11-22(24)25;1-9-2-4-10(5-3-9)8-12-7-6-11(13)17(14,15)16;/h2-10,13,23H,11-12,14-15H2,1H3,(H,24,25);2-5,11-13H,6-8H2,1H3,(H2,14,15,16);1H4. The average molecular weight is 657 g/mol. The number of aliphatic hydroxyl groups excluding tert-OH is 1. The third kappa shape index (κ3) is 14.1. The van der Waals surface area contributed by atoms with Gasteiger partial charge in [-0.05, 0) is 67.3 Å². The van der Waals surface area contributed by atoms with Crippen molar-refractivity contribution in [3.05, 3.63) is 111 Å². The summed E-state index contributed by atoms with van der Waals surface area (Å²) < 4.78 is 16.6. The van der Waals surface area contributed by atoms with E-state index in [-0.39, 0.29) is 20.3 Å². The van der Waals surface area contributed by atoms with Gasteiger partial charge in [0.25, 0.3) is 0 Å². The molecule has 4 aromatic rings. The Kier molecular flexibility index (Phi) is 16.2. The van der Waals surface area contributed by atoms with Gasteiger partial charge in [0, 0.05) is 29.4 Å². The molecule has 9 nitrogen and oxygen atoms in total. The molecule has 0 fully saturated rings. The monoisotopic (exact) mass is 656 g/mol. The van der Waals surface area contributed by atoms with E-state index in [4.69, 9.17) is 24.7 Å². The lowest BCUT2D eigenvalue weighted by Crippen LogP contribution is -2.20. The smallest absolute Gasteiger partial charge is 0.353 e. The highest BCUT2D eigenvalue weighted by molar-refractivity contribution is 7.52. The number of rotatable bonds is 15. The largest absolute Gasteiger partial charge is 0.488 e. The van der Waals surface area contributed by atoms with Gasteiger partial charge in [-0.3, -0.25) is 9.36 Å². The molecule has 6 N–H and O–H groups in total. The minimum atomic E-state index is -4.36. The zero-order valence-corrected chi connectivity index (χ0v) is 26.7. The van der Waals surface area contributed by atoms with Gasteiger partial charge in [0.1, 0.15) is 12.4 Å². The van der Waals surface area contributed by atoms with Gasteiger partial charge < -0.3 is 35.4 Å². The minimum absolute atomic E-state index is 0. The average Bonchev–Trinajstić information content (AvgIpc) is 3.38. The van der Waals surface area contributed by atoms with Crippen LogP contribution in [0.3, 0.4) is 0 Å². The van der Waals surface area contributed by atoms with Crippen molar-refractivity contribution in [3.8, 4) is 16.9 Å². The SMILES string of the molecule is C.Cc1ccc(CNCCC(O)P(=O)(O)O)cc1.Cc1sc(COc2ccc(CNCCC(=O)O)cc2)cc1-c1ccccc1. The molecule has 1 heterocycles. The van der Waals surface area contributed by atoms with Crippen LogP contribution in [0.2, 0.25) is 0 Å². The Bertz CT molecular complexity index is 1470. The first kappa shape index (κ1) is 37.8. The van der Waals surface area contributed by atoms with Crippen molar-refractivity contribution in [2.75, 3.05) is 13.1 Å². The molecule has 1 aromatic heterocycles. The van der Waals surface area contributed by atoms with Crippen LogP contribution >= 0.6 is 18.9 Å². The van der Waals surface area contributed by atoms with Gasteiger partial charge in [-0.2, -0.15) is 0 Å². The molecule has 4 rings (SSSR count). The van der Waals surface area contributed by atoms with Crippen LogP contribution in [0.4, 0.5) is 0 Å². The van der Waals surface area contributed by atoms with Crippen LogP contribution in [0.1, 0.15) is 46.7 Å². The number of carbonyl (C=O) groups is 1. The molecule has 0 radical (unpaired) electrons. The Hall–Kier alpha value is -3.34. The molecule has 0 aliphatic rings. The van der Waals surface area contributed by atoms with Crippen molar-refractivity contribution in [1.82, 2.24) is 10.6 Å². The Morgan fingerprint density at radius 3 is 2.04 bits per heavy atom. The van der Waals surface area contributed by atoms with Crippen molar-refractivity contribution >= 4 is 24.9 Å². The van der Waals surface area contributed by atoms with Crippen molar-refractivity contribution in [2.45, 2.75) is 59.7 Å². The predicted octanol–water partition coefficient (Wildman–Crippen LogP) is 6.47. The lowest BCUT2D eigenvalue weighted by Gasteiger charge is -2.12. The number of hydrogen-bond donors (Lipinski definition) is 6. The second-order valence-electron chi connectivity index (χ2n) is 10.3. The van der Waals surface area contributed by atoms with E-state index in [0.29, 0.717) is 32.8 Å². The molecule has 0 bridgehead atoms. The number of aliphatic hydroxyl groups is 1. The number of aliphatic carboxylic acids is 1. The molecule has 0 aliphatic carbocycles. The van der Waals surface area contributed by atoms with E-state index in [0.717, 1.165) is 16.9 Å². The molecule has 244 valence electrons. The van der Waals surface area contributed by atoms with E-state index in [9.17, 15) is 9.36 Å². The van der Waals surface area contributed by atoms with E-state index in [1.807, 2.05) is 61.5 Å². The molecule has 45 heavy (non-hydrogen) atoms. The van der Waals surface area contributed by atoms with Crippen LogP contribution in [0, 0.1) is 13.8 Å². The van der Waals surface area contributed by atoms with Crippen LogP contribution in [0.15, 0.2) is 84.9 Å². The summed E-state index contributed by atoms with van der Waals surface area (Å²) in [5.74, 6) is -1.53. The van der Waals surface area contributed by atoms with Crippen LogP contribution in [-0.4, -0.2) is 44.9 Å². The van der Waals surface area contributed by atoms with E-state index < -0.39 is 19.4 Å². The fraction of sp³-hybridized carbons (Fsp3) is 0.324. The summed E-state index contributed by atoms with van der Waals surface area (Å²) in [4.78, 5) is 30.3. The number of aryl methyl sites for hydroxylation is 2. The van der Waals surface area contributed by atoms with Gasteiger partial charge in [-0.25, -0.2) is 0 Å². The van der Waals surface area contributed by atoms with E-state index in [2.05, 4.69) is 47.9 Å². The molecule has 11 heteroatoms. The lowest BCUT2D eigenvalue weighted by atomic mass is 10.1. The predicted molar refractivity (Wildman–Crippen MR) is 182 cm³/mol. The summed E-state index contributed by atoms with van der Waals surface area (Å²) in [6.45, 7) is 6.80. The Balaban J connectivity index is 0.000000340. The van der Waals surface area contributed by atoms with Gasteiger partial charge >= 0.3 is 13.6 Å². The molecule has 0 amide bonds. The quantitative estimate of drug-likeness (QED) is 0.0625. The Morgan fingerprint density at radius 2 is 1.47 bits per heavy atom. The lowest BCUT2D eigenvalue weighted by molar-refractivity contribution is -0.136. The van der Waals surface area contributed by atoms with Crippen LogP contribution in [0.25, 0.3) is 11.1 Å². The molecule has 0 spiro atoms. The van der Waals surface area contributed by atoms with E-state index in [1.54, 1.807) is 11.3 Å². The van der Waals surface area contributed by atoms with Crippen molar-refractivity contribution in [2.24, 2.45) is 0 Å². The van der Waals surface area contributed by atoms with Gasteiger partial charge in [-0.15, -0.1) is 11.3 Å². The Morgan fingerprint density at radius 1 is 0.889 bits per heavy atom. The molecule has 0 aliphatic heterocycles. The van der Waals surface area contributed by atoms with Crippen LogP contribution < -0.4 is 15.4 Å². The van der Waals surface area contributed by atoms with Crippen molar-refractivity contribution < 1.29 is 34.1 Å². The zero-order chi connectivity index (χ0) is 32.0. The fourth-order valence-electron chi connectivity index (χ4n) is 4.14. The highest BCUT2D eigenvalue weighted by Crippen LogP contribution is 2.40. The third-order valence-corrected chi connectivity index (χ3v) is 8.68. The van der Waals surface area contributed by atoms with E-state index >= 15 is 0 Å². The van der Waals surface area contributed by atoms with Crippen LogP contribution in [-0.2, 0) is 29.1 Å². The summed E-state index contributed by atoms with van der Waals surface area (Å²) in [6, 6.07) is 28.5.